The van der Waals surface area contributed by atoms with Gasteiger partial charge in [-0.1, -0.05) is 35.3 Å². The smallest absolute Gasteiger partial charge is 0.252 e. The fourth-order valence-corrected chi connectivity index (χ4v) is 6.59. The number of rotatable bonds is 3. The van der Waals surface area contributed by atoms with E-state index in [1.165, 1.54) is 4.31 Å². The zero-order valence-electron chi connectivity index (χ0n) is 11.9. The van der Waals surface area contributed by atoms with Gasteiger partial charge in [0.2, 0.25) is 0 Å². The van der Waals surface area contributed by atoms with Gasteiger partial charge in [-0.15, -0.1) is 11.3 Å². The number of nitrogens with zero attached hydrogens (tertiary/aromatic N) is 2. The van der Waals surface area contributed by atoms with Crippen molar-refractivity contribution in [3.05, 3.63) is 44.2 Å². The van der Waals surface area contributed by atoms with E-state index in [-0.39, 0.29) is 4.21 Å². The van der Waals surface area contributed by atoms with Gasteiger partial charge in [0.05, 0.1) is 10.7 Å². The molecule has 0 atom stereocenters. The zero-order chi connectivity index (χ0) is 16.6. The average molecular weight is 456 g/mol. The van der Waals surface area contributed by atoms with Crippen LogP contribution in [0.5, 0.6) is 0 Å². The fraction of sp³-hybridized carbons (Fsp3) is 0.286. The van der Waals surface area contributed by atoms with Gasteiger partial charge in [0.15, 0.2) is 0 Å². The van der Waals surface area contributed by atoms with E-state index in [2.05, 4.69) is 20.8 Å². The van der Waals surface area contributed by atoms with Crippen LogP contribution in [0.3, 0.4) is 0 Å². The van der Waals surface area contributed by atoms with E-state index in [1.807, 2.05) is 24.3 Å². The van der Waals surface area contributed by atoms with E-state index >= 15 is 0 Å². The Balaban J connectivity index is 1.75. The highest BCUT2D eigenvalue weighted by Crippen LogP contribution is 2.36. The molecule has 1 aromatic heterocycles. The lowest BCUT2D eigenvalue weighted by atomic mass is 10.2. The molecule has 0 unspecified atom stereocenters. The molecular weight excluding hydrogens is 443 g/mol. The van der Waals surface area contributed by atoms with Crippen LogP contribution in [0.15, 0.2) is 39.0 Å². The van der Waals surface area contributed by atoms with Gasteiger partial charge in [0, 0.05) is 30.7 Å². The Hall–Kier alpha value is -0.310. The first kappa shape index (κ1) is 17.5. The summed E-state index contributed by atoms with van der Waals surface area (Å²) in [5, 5.41) is 0.678. The Labute approximate surface area is 157 Å². The summed E-state index contributed by atoms with van der Waals surface area (Å²) >= 11 is 16.5. The van der Waals surface area contributed by atoms with Crippen LogP contribution in [-0.2, 0) is 10.0 Å². The van der Waals surface area contributed by atoms with Gasteiger partial charge >= 0.3 is 0 Å². The van der Waals surface area contributed by atoms with Crippen molar-refractivity contribution in [2.75, 3.05) is 31.1 Å². The van der Waals surface area contributed by atoms with E-state index in [9.17, 15) is 8.42 Å². The van der Waals surface area contributed by atoms with Crippen LogP contribution in [0.1, 0.15) is 0 Å². The maximum atomic E-state index is 12.7. The molecule has 23 heavy (non-hydrogen) atoms. The Kier molecular flexibility index (Phi) is 5.25. The zero-order valence-corrected chi connectivity index (χ0v) is 16.6. The second kappa shape index (κ2) is 6.90. The molecule has 2 heterocycles. The minimum atomic E-state index is -3.50. The lowest BCUT2D eigenvalue weighted by Gasteiger charge is -2.35. The monoisotopic (exact) mass is 454 g/mol. The summed E-state index contributed by atoms with van der Waals surface area (Å²) in [6, 6.07) is 9.15. The normalized spacial score (nSPS) is 16.7. The molecule has 1 aliphatic rings. The quantitative estimate of drug-likeness (QED) is 0.691. The van der Waals surface area contributed by atoms with Gasteiger partial charge in [-0.2, -0.15) is 4.31 Å². The molecule has 1 aromatic carbocycles. The van der Waals surface area contributed by atoms with E-state index in [4.69, 9.17) is 23.2 Å². The van der Waals surface area contributed by atoms with E-state index in [0.29, 0.717) is 40.0 Å². The number of benzene rings is 1. The maximum Gasteiger partial charge on any atom is 0.252 e. The highest BCUT2D eigenvalue weighted by atomic mass is 79.9. The first-order chi connectivity index (χ1) is 10.9. The third kappa shape index (κ3) is 3.55. The molecular formula is C14H13BrCl2N2O2S2. The molecule has 3 rings (SSSR count). The van der Waals surface area contributed by atoms with Crippen molar-refractivity contribution in [1.29, 1.82) is 0 Å². The summed E-state index contributed by atoms with van der Waals surface area (Å²) in [7, 11) is -3.50. The largest absolute Gasteiger partial charge is 0.368 e. The lowest BCUT2D eigenvalue weighted by molar-refractivity contribution is 0.386. The Morgan fingerprint density at radius 3 is 2.30 bits per heavy atom. The molecule has 0 radical (unpaired) electrons. The van der Waals surface area contributed by atoms with Gasteiger partial charge in [-0.25, -0.2) is 8.42 Å². The fourth-order valence-electron chi connectivity index (χ4n) is 2.46. The maximum absolute atomic E-state index is 12.7. The average Bonchev–Trinajstić information content (AvgIpc) is 2.88. The molecule has 4 nitrogen and oxygen atoms in total. The van der Waals surface area contributed by atoms with Crippen LogP contribution < -0.4 is 4.90 Å². The number of thiophene rings is 1. The third-order valence-electron chi connectivity index (χ3n) is 3.65. The van der Waals surface area contributed by atoms with Crippen molar-refractivity contribution in [2.24, 2.45) is 0 Å². The molecule has 1 saturated heterocycles. The molecule has 1 fully saturated rings. The van der Waals surface area contributed by atoms with Crippen LogP contribution >= 0.6 is 50.5 Å². The van der Waals surface area contributed by atoms with E-state index in [1.54, 1.807) is 6.07 Å². The van der Waals surface area contributed by atoms with Crippen molar-refractivity contribution in [1.82, 2.24) is 4.31 Å². The molecule has 0 spiro atoms. The van der Waals surface area contributed by atoms with Crippen molar-refractivity contribution in [2.45, 2.75) is 4.21 Å². The molecule has 0 aliphatic carbocycles. The second-order valence-corrected chi connectivity index (χ2v) is 10.1. The van der Waals surface area contributed by atoms with Crippen molar-refractivity contribution < 1.29 is 8.42 Å². The van der Waals surface area contributed by atoms with Crippen LogP contribution in [0.2, 0.25) is 9.36 Å². The molecule has 2 aromatic rings. The van der Waals surface area contributed by atoms with E-state index < -0.39 is 10.0 Å². The molecule has 0 N–H and O–H groups in total. The number of sulfonamides is 1. The number of halogens is 3. The Morgan fingerprint density at radius 1 is 1.09 bits per heavy atom. The van der Waals surface area contributed by atoms with Gasteiger partial charge in [0.1, 0.15) is 8.55 Å². The minimum absolute atomic E-state index is 0.264. The van der Waals surface area contributed by atoms with Gasteiger partial charge in [-0.3, -0.25) is 0 Å². The number of hydrogen-bond donors (Lipinski definition) is 0. The first-order valence-corrected chi connectivity index (χ1v) is 10.6. The molecule has 1 aliphatic heterocycles. The standard InChI is InChI=1S/C14H13BrCl2N2O2S2/c15-10-9-13(22-14(10)17)23(20,21)19-7-5-18(6-8-19)12-4-2-1-3-11(12)16/h1-4,9H,5-8H2. The van der Waals surface area contributed by atoms with Gasteiger partial charge in [0.25, 0.3) is 10.0 Å². The third-order valence-corrected chi connectivity index (χ3v) is 8.79. The minimum Gasteiger partial charge on any atom is -0.368 e. The van der Waals surface area contributed by atoms with Crippen molar-refractivity contribution in [3.8, 4) is 0 Å². The van der Waals surface area contributed by atoms with Crippen LogP contribution in [-0.4, -0.2) is 38.9 Å². The summed E-state index contributed by atoms with van der Waals surface area (Å²) < 4.78 is 28.2. The predicted molar refractivity (Wildman–Crippen MR) is 99.5 cm³/mol. The molecule has 0 amide bonds. The second-order valence-electron chi connectivity index (χ2n) is 5.03. The molecule has 0 bridgehead atoms. The number of hydrogen-bond acceptors (Lipinski definition) is 4. The first-order valence-electron chi connectivity index (χ1n) is 6.84. The van der Waals surface area contributed by atoms with Gasteiger partial charge in [-0.05, 0) is 34.1 Å². The summed E-state index contributed by atoms with van der Waals surface area (Å²) in [4.78, 5) is 2.10. The topological polar surface area (TPSA) is 40.6 Å². The number of piperazine rings is 1. The highest BCUT2D eigenvalue weighted by Gasteiger charge is 2.30. The van der Waals surface area contributed by atoms with Crippen LogP contribution in [0, 0.1) is 0 Å². The summed E-state index contributed by atoms with van der Waals surface area (Å²) in [5.74, 6) is 0. The van der Waals surface area contributed by atoms with Crippen LogP contribution in [0.25, 0.3) is 0 Å². The summed E-state index contributed by atoms with van der Waals surface area (Å²) in [5.41, 5.74) is 0.938. The van der Waals surface area contributed by atoms with Crippen molar-refractivity contribution in [3.63, 3.8) is 0 Å². The van der Waals surface area contributed by atoms with Crippen molar-refractivity contribution >= 4 is 66.2 Å². The van der Waals surface area contributed by atoms with Crippen LogP contribution in [0.4, 0.5) is 5.69 Å². The summed E-state index contributed by atoms with van der Waals surface area (Å²) in [6.45, 7) is 2.04. The molecule has 9 heteroatoms. The Morgan fingerprint density at radius 2 is 1.74 bits per heavy atom. The molecule has 0 saturated carbocycles. The highest BCUT2D eigenvalue weighted by molar-refractivity contribution is 9.10. The lowest BCUT2D eigenvalue weighted by Crippen LogP contribution is -2.48. The number of para-hydroxylation sites is 1. The predicted octanol–water partition coefficient (Wildman–Crippen LogP) is 4.33. The Bertz CT molecular complexity index is 798. The van der Waals surface area contributed by atoms with E-state index in [0.717, 1.165) is 17.0 Å². The van der Waals surface area contributed by atoms with Gasteiger partial charge < -0.3 is 4.90 Å². The SMILES string of the molecule is O=S(=O)(c1cc(Br)c(Cl)s1)N1CCN(c2ccccc2Cl)CC1. The molecule has 124 valence electrons. The summed E-state index contributed by atoms with van der Waals surface area (Å²) in [6.07, 6.45) is 0. The number of anilines is 1.